The van der Waals surface area contributed by atoms with E-state index >= 15 is 0 Å². The molecule has 3 aromatic rings. The quantitative estimate of drug-likeness (QED) is 0.198. The molecule has 3 aromatic carbocycles. The maximum atomic E-state index is 12.6. The summed E-state index contributed by atoms with van der Waals surface area (Å²) in [5, 5.41) is 6.41. The lowest BCUT2D eigenvalue weighted by Crippen LogP contribution is -2.32. The second kappa shape index (κ2) is 10.7. The van der Waals surface area contributed by atoms with Gasteiger partial charge in [0.2, 0.25) is 0 Å². The Morgan fingerprint density at radius 1 is 0.818 bits per heavy atom. The van der Waals surface area contributed by atoms with E-state index in [0.717, 1.165) is 11.1 Å². The highest BCUT2D eigenvalue weighted by atomic mass is 16.5. The van der Waals surface area contributed by atoms with Gasteiger partial charge < -0.3 is 14.8 Å². The van der Waals surface area contributed by atoms with Crippen molar-refractivity contribution in [2.24, 2.45) is 5.10 Å². The van der Waals surface area contributed by atoms with Gasteiger partial charge in [-0.05, 0) is 49.2 Å². The topological polar surface area (TPSA) is 106 Å². The predicted molar refractivity (Wildman–Crippen MR) is 125 cm³/mol. The third-order valence-corrected chi connectivity index (χ3v) is 4.74. The average Bonchev–Trinajstić information content (AvgIpc) is 2.82. The van der Waals surface area contributed by atoms with Gasteiger partial charge in [0.1, 0.15) is 17.1 Å². The third kappa shape index (κ3) is 5.82. The van der Waals surface area contributed by atoms with Gasteiger partial charge in [-0.1, -0.05) is 42.5 Å². The molecular formula is C25H23N3O5. The molecule has 0 saturated carbocycles. The van der Waals surface area contributed by atoms with E-state index in [9.17, 15) is 14.4 Å². The summed E-state index contributed by atoms with van der Waals surface area (Å²) in [4.78, 5) is 36.9. The maximum absolute atomic E-state index is 12.6. The van der Waals surface area contributed by atoms with Crippen LogP contribution in [0.15, 0.2) is 71.8 Å². The Morgan fingerprint density at radius 3 is 2.15 bits per heavy atom. The van der Waals surface area contributed by atoms with Crippen LogP contribution in [-0.2, 0) is 9.59 Å². The molecule has 33 heavy (non-hydrogen) atoms. The maximum Gasteiger partial charge on any atom is 0.347 e. The van der Waals surface area contributed by atoms with Crippen LogP contribution >= 0.6 is 0 Å². The Balaban J connectivity index is 1.67. The molecule has 0 fully saturated rings. The Labute approximate surface area is 191 Å². The van der Waals surface area contributed by atoms with Gasteiger partial charge in [0, 0.05) is 11.3 Å². The van der Waals surface area contributed by atoms with E-state index in [1.807, 2.05) is 32.0 Å². The fraction of sp³-hybridized carbons (Fsp3) is 0.120. The highest BCUT2D eigenvalue weighted by Crippen LogP contribution is 2.22. The molecule has 0 aliphatic heterocycles. The third-order valence-electron chi connectivity index (χ3n) is 4.74. The van der Waals surface area contributed by atoms with Crippen molar-refractivity contribution < 1.29 is 23.9 Å². The Kier molecular flexibility index (Phi) is 7.54. The van der Waals surface area contributed by atoms with E-state index in [1.54, 1.807) is 48.5 Å². The first-order chi connectivity index (χ1) is 15.9. The monoisotopic (exact) mass is 445 g/mol. The van der Waals surface area contributed by atoms with Crippen molar-refractivity contribution >= 4 is 29.7 Å². The van der Waals surface area contributed by atoms with Crippen molar-refractivity contribution in [3.8, 4) is 11.5 Å². The Morgan fingerprint density at radius 2 is 1.45 bits per heavy atom. The average molecular weight is 445 g/mol. The van der Waals surface area contributed by atoms with Crippen molar-refractivity contribution in [2.45, 2.75) is 13.8 Å². The number of ether oxygens (including phenoxy) is 2. The lowest BCUT2D eigenvalue weighted by atomic mass is 10.1. The molecular weight excluding hydrogens is 422 g/mol. The number of hydrogen-bond donors (Lipinski definition) is 2. The molecule has 8 heteroatoms. The zero-order chi connectivity index (χ0) is 23.8. The molecule has 0 aliphatic carbocycles. The number of anilines is 1. The van der Waals surface area contributed by atoms with Crippen molar-refractivity contribution in [1.29, 1.82) is 0 Å². The summed E-state index contributed by atoms with van der Waals surface area (Å²) in [5.74, 6) is -1.77. The molecule has 0 bridgehead atoms. The van der Waals surface area contributed by atoms with E-state index in [2.05, 4.69) is 15.8 Å². The lowest BCUT2D eigenvalue weighted by Gasteiger charge is -2.10. The second-order valence-electron chi connectivity index (χ2n) is 7.05. The summed E-state index contributed by atoms with van der Waals surface area (Å²) in [6, 6.07) is 18.9. The molecule has 0 spiro atoms. The number of rotatable bonds is 6. The van der Waals surface area contributed by atoms with Crippen LogP contribution in [-0.4, -0.2) is 31.1 Å². The van der Waals surface area contributed by atoms with E-state index in [0.29, 0.717) is 17.0 Å². The summed E-state index contributed by atoms with van der Waals surface area (Å²) in [7, 11) is 1.46. The van der Waals surface area contributed by atoms with Gasteiger partial charge in [0.05, 0.1) is 13.3 Å². The fourth-order valence-corrected chi connectivity index (χ4v) is 3.04. The van der Waals surface area contributed by atoms with Crippen LogP contribution in [0.1, 0.15) is 27.0 Å². The number of carbonyl (C=O) groups excluding carboxylic acids is 3. The summed E-state index contributed by atoms with van der Waals surface area (Å²) >= 11 is 0. The molecule has 0 aliphatic rings. The van der Waals surface area contributed by atoms with Crippen LogP contribution < -0.4 is 20.2 Å². The zero-order valence-electron chi connectivity index (χ0n) is 18.4. The number of para-hydroxylation sites is 3. The molecule has 0 heterocycles. The molecule has 3 rings (SSSR count). The van der Waals surface area contributed by atoms with E-state index in [1.165, 1.54) is 13.3 Å². The largest absolute Gasteiger partial charge is 0.496 e. The van der Waals surface area contributed by atoms with Gasteiger partial charge in [-0.15, -0.1) is 0 Å². The molecule has 0 saturated heterocycles. The fourth-order valence-electron chi connectivity index (χ4n) is 3.04. The van der Waals surface area contributed by atoms with E-state index < -0.39 is 17.8 Å². The SMILES string of the molecule is COc1ccccc1C(=O)Oc1ccccc1/C=N/NC(=O)C(=O)Nc1c(C)cccc1C. The molecule has 0 atom stereocenters. The lowest BCUT2D eigenvalue weighted by molar-refractivity contribution is -0.136. The molecule has 168 valence electrons. The minimum atomic E-state index is -0.933. The first-order valence-corrected chi connectivity index (χ1v) is 10.1. The van der Waals surface area contributed by atoms with Crippen molar-refractivity contribution in [3.05, 3.63) is 89.0 Å². The van der Waals surface area contributed by atoms with Crippen LogP contribution in [0.5, 0.6) is 11.5 Å². The summed E-state index contributed by atoms with van der Waals surface area (Å²) < 4.78 is 10.7. The second-order valence-corrected chi connectivity index (χ2v) is 7.05. The standard InChI is InChI=1S/C25H23N3O5/c1-16-9-8-10-17(2)22(16)27-23(29)24(30)28-26-15-18-11-4-6-13-20(18)33-25(31)19-12-5-7-14-21(19)32-3/h4-15H,1-3H3,(H,27,29)(H,28,30)/b26-15+. The number of carbonyl (C=O) groups is 3. The van der Waals surface area contributed by atoms with E-state index in [-0.39, 0.29) is 11.3 Å². The predicted octanol–water partition coefficient (Wildman–Crippen LogP) is 3.62. The zero-order valence-corrected chi connectivity index (χ0v) is 18.4. The number of nitrogens with one attached hydrogen (secondary N) is 2. The van der Waals surface area contributed by atoms with Crippen LogP contribution in [0.25, 0.3) is 0 Å². The Hall–Kier alpha value is -4.46. The first-order valence-electron chi connectivity index (χ1n) is 10.1. The van der Waals surface area contributed by atoms with Crippen molar-refractivity contribution in [2.75, 3.05) is 12.4 Å². The van der Waals surface area contributed by atoms with Crippen molar-refractivity contribution in [1.82, 2.24) is 5.43 Å². The number of esters is 1. The van der Waals surface area contributed by atoms with E-state index in [4.69, 9.17) is 9.47 Å². The number of nitrogens with zero attached hydrogens (tertiary/aromatic N) is 1. The molecule has 0 aromatic heterocycles. The van der Waals surface area contributed by atoms with Gasteiger partial charge >= 0.3 is 17.8 Å². The summed E-state index contributed by atoms with van der Waals surface area (Å²) in [5.41, 5.74) is 5.13. The van der Waals surface area contributed by atoms with Crippen LogP contribution in [0.2, 0.25) is 0 Å². The number of hydrogen-bond acceptors (Lipinski definition) is 6. The number of aryl methyl sites for hydroxylation is 2. The number of hydrazone groups is 1. The summed E-state index contributed by atoms with van der Waals surface area (Å²) in [6.07, 6.45) is 1.29. The number of amides is 2. The molecule has 2 N–H and O–H groups in total. The first kappa shape index (κ1) is 23.2. The number of benzene rings is 3. The van der Waals surface area contributed by atoms with Crippen LogP contribution in [0, 0.1) is 13.8 Å². The van der Waals surface area contributed by atoms with Crippen LogP contribution in [0.4, 0.5) is 5.69 Å². The van der Waals surface area contributed by atoms with Gasteiger partial charge in [0.15, 0.2) is 0 Å². The van der Waals surface area contributed by atoms with Gasteiger partial charge in [-0.2, -0.15) is 5.10 Å². The molecule has 0 radical (unpaired) electrons. The van der Waals surface area contributed by atoms with Gasteiger partial charge in [-0.25, -0.2) is 10.2 Å². The smallest absolute Gasteiger partial charge is 0.347 e. The minimum Gasteiger partial charge on any atom is -0.496 e. The normalized spacial score (nSPS) is 10.5. The minimum absolute atomic E-state index is 0.228. The van der Waals surface area contributed by atoms with Crippen molar-refractivity contribution in [3.63, 3.8) is 0 Å². The summed E-state index contributed by atoms with van der Waals surface area (Å²) in [6.45, 7) is 3.67. The molecule has 2 amide bonds. The molecule has 8 nitrogen and oxygen atoms in total. The molecule has 0 unspecified atom stereocenters. The number of methoxy groups -OCH3 is 1. The highest BCUT2D eigenvalue weighted by Gasteiger charge is 2.17. The Bertz CT molecular complexity index is 1200. The highest BCUT2D eigenvalue weighted by molar-refractivity contribution is 6.39. The van der Waals surface area contributed by atoms with Gasteiger partial charge in [-0.3, -0.25) is 9.59 Å². The van der Waals surface area contributed by atoms with Crippen LogP contribution in [0.3, 0.4) is 0 Å². The van der Waals surface area contributed by atoms with Gasteiger partial charge in [0.25, 0.3) is 0 Å².